The van der Waals surface area contributed by atoms with Gasteiger partial charge in [0.15, 0.2) is 0 Å². The molecule has 0 unspecified atom stereocenters. The molecule has 0 saturated carbocycles. The van der Waals surface area contributed by atoms with Crippen LogP contribution in [0.15, 0.2) is 18.2 Å². The zero-order valence-electron chi connectivity index (χ0n) is 11.4. The molecule has 1 aromatic rings. The van der Waals surface area contributed by atoms with Crippen molar-refractivity contribution in [2.75, 3.05) is 26.2 Å². The maximum Gasteiger partial charge on any atom is 0.137 e. The highest BCUT2D eigenvalue weighted by atomic mass is 16.5. The molecule has 1 saturated heterocycles. The Kier molecular flexibility index (Phi) is 4.61. The number of benzene rings is 1. The summed E-state index contributed by atoms with van der Waals surface area (Å²) < 4.78 is 5.65. The van der Waals surface area contributed by atoms with E-state index >= 15 is 0 Å². The van der Waals surface area contributed by atoms with Gasteiger partial charge in [0, 0.05) is 12.8 Å². The minimum atomic E-state index is -0.361. The first-order valence-corrected chi connectivity index (χ1v) is 6.87. The summed E-state index contributed by atoms with van der Waals surface area (Å²) in [6.45, 7) is 7.76. The number of ether oxygens (including phenoxy) is 1. The van der Waals surface area contributed by atoms with Crippen LogP contribution in [0.2, 0.25) is 0 Å². The van der Waals surface area contributed by atoms with Crippen LogP contribution in [0.1, 0.15) is 24.0 Å². The average molecular weight is 250 g/mol. The second-order valence-corrected chi connectivity index (χ2v) is 5.37. The van der Waals surface area contributed by atoms with E-state index in [2.05, 4.69) is 19.9 Å². The molecule has 3 nitrogen and oxygen atoms in total. The standard InChI is InChI=1S/C15H23NO2/c1-12-5-6-15(9-13(12)2)18-11-14(17)10-16-7-3-4-8-16/h5-6,9,14,17H,3-4,7-8,10-11H2,1-2H3/p+1/t14-/m1/s1. The average Bonchev–Trinajstić information content (AvgIpc) is 2.83. The van der Waals surface area contributed by atoms with Crippen molar-refractivity contribution in [2.24, 2.45) is 0 Å². The lowest BCUT2D eigenvalue weighted by atomic mass is 10.1. The van der Waals surface area contributed by atoms with Crippen LogP contribution in [-0.2, 0) is 0 Å². The van der Waals surface area contributed by atoms with Gasteiger partial charge < -0.3 is 14.7 Å². The van der Waals surface area contributed by atoms with Gasteiger partial charge >= 0.3 is 0 Å². The lowest BCUT2D eigenvalue weighted by Crippen LogP contribution is -3.11. The fourth-order valence-corrected chi connectivity index (χ4v) is 2.47. The van der Waals surface area contributed by atoms with Gasteiger partial charge in [0.25, 0.3) is 0 Å². The Hall–Kier alpha value is -1.06. The van der Waals surface area contributed by atoms with E-state index in [1.165, 1.54) is 42.0 Å². The smallest absolute Gasteiger partial charge is 0.137 e. The van der Waals surface area contributed by atoms with Crippen LogP contribution in [0.25, 0.3) is 0 Å². The molecule has 0 radical (unpaired) electrons. The number of rotatable bonds is 5. The third-order valence-corrected chi connectivity index (χ3v) is 3.76. The number of quaternary nitrogens is 1. The van der Waals surface area contributed by atoms with Gasteiger partial charge in [-0.25, -0.2) is 0 Å². The maximum absolute atomic E-state index is 9.95. The van der Waals surface area contributed by atoms with Gasteiger partial charge in [-0.3, -0.25) is 0 Å². The Balaban J connectivity index is 1.77. The van der Waals surface area contributed by atoms with E-state index in [1.807, 2.05) is 12.1 Å². The fraction of sp³-hybridized carbons (Fsp3) is 0.600. The fourth-order valence-electron chi connectivity index (χ4n) is 2.47. The van der Waals surface area contributed by atoms with Gasteiger partial charge in [-0.2, -0.15) is 0 Å². The van der Waals surface area contributed by atoms with E-state index in [4.69, 9.17) is 4.74 Å². The number of nitrogens with one attached hydrogen (secondary N) is 1. The summed E-state index contributed by atoms with van der Waals surface area (Å²) in [7, 11) is 0. The molecule has 1 fully saturated rings. The summed E-state index contributed by atoms with van der Waals surface area (Å²) in [4.78, 5) is 1.51. The lowest BCUT2D eigenvalue weighted by Gasteiger charge is -2.17. The molecule has 0 bridgehead atoms. The van der Waals surface area contributed by atoms with E-state index in [-0.39, 0.29) is 6.10 Å². The highest BCUT2D eigenvalue weighted by molar-refractivity contribution is 5.33. The number of likely N-dealkylation sites (tertiary alicyclic amines) is 1. The van der Waals surface area contributed by atoms with Crippen molar-refractivity contribution in [3.63, 3.8) is 0 Å². The number of aliphatic hydroxyl groups is 1. The predicted octanol–water partition coefficient (Wildman–Crippen LogP) is 0.722. The maximum atomic E-state index is 9.95. The van der Waals surface area contributed by atoms with Gasteiger partial charge in [0.05, 0.1) is 13.1 Å². The van der Waals surface area contributed by atoms with Crippen molar-refractivity contribution in [2.45, 2.75) is 32.8 Å². The van der Waals surface area contributed by atoms with E-state index in [9.17, 15) is 5.11 Å². The summed E-state index contributed by atoms with van der Waals surface area (Å²) in [5.41, 5.74) is 2.50. The van der Waals surface area contributed by atoms with Crippen LogP contribution in [0.4, 0.5) is 0 Å². The van der Waals surface area contributed by atoms with Crippen molar-refractivity contribution >= 4 is 0 Å². The summed E-state index contributed by atoms with van der Waals surface area (Å²) in [5, 5.41) is 9.95. The minimum Gasteiger partial charge on any atom is -0.491 e. The molecule has 18 heavy (non-hydrogen) atoms. The Bertz CT molecular complexity index is 386. The van der Waals surface area contributed by atoms with Gasteiger partial charge in [0.1, 0.15) is 25.0 Å². The number of hydrogen-bond donors (Lipinski definition) is 2. The van der Waals surface area contributed by atoms with Crippen molar-refractivity contribution in [1.82, 2.24) is 0 Å². The Morgan fingerprint density at radius 2 is 1.94 bits per heavy atom. The van der Waals surface area contributed by atoms with Crippen LogP contribution in [0, 0.1) is 13.8 Å². The van der Waals surface area contributed by atoms with E-state index in [0.717, 1.165) is 12.3 Å². The third-order valence-electron chi connectivity index (χ3n) is 3.76. The Labute approximate surface area is 109 Å². The van der Waals surface area contributed by atoms with Gasteiger partial charge in [-0.1, -0.05) is 6.07 Å². The second-order valence-electron chi connectivity index (χ2n) is 5.37. The molecular formula is C15H24NO2+. The second kappa shape index (κ2) is 6.21. The zero-order valence-corrected chi connectivity index (χ0v) is 11.4. The molecular weight excluding hydrogens is 226 g/mol. The molecule has 1 atom stereocenters. The molecule has 0 amide bonds. The molecule has 0 aromatic heterocycles. The van der Waals surface area contributed by atoms with Gasteiger partial charge in [0.2, 0.25) is 0 Å². The molecule has 1 aliphatic rings. The number of aryl methyl sites for hydroxylation is 2. The van der Waals surface area contributed by atoms with Crippen molar-refractivity contribution in [1.29, 1.82) is 0 Å². The number of hydrogen-bond acceptors (Lipinski definition) is 2. The van der Waals surface area contributed by atoms with E-state index in [1.54, 1.807) is 0 Å². The van der Waals surface area contributed by atoms with E-state index < -0.39 is 0 Å². The molecule has 0 aliphatic carbocycles. The van der Waals surface area contributed by atoms with Crippen LogP contribution in [0.3, 0.4) is 0 Å². The molecule has 0 spiro atoms. The van der Waals surface area contributed by atoms with Crippen LogP contribution in [-0.4, -0.2) is 37.5 Å². The van der Waals surface area contributed by atoms with Crippen LogP contribution < -0.4 is 9.64 Å². The lowest BCUT2D eigenvalue weighted by molar-refractivity contribution is -0.890. The van der Waals surface area contributed by atoms with Crippen LogP contribution in [0.5, 0.6) is 5.75 Å². The molecule has 3 heteroatoms. The first kappa shape index (κ1) is 13.4. The topological polar surface area (TPSA) is 33.9 Å². The number of aliphatic hydroxyl groups excluding tert-OH is 1. The summed E-state index contributed by atoms with van der Waals surface area (Å²) in [5.74, 6) is 0.855. The largest absolute Gasteiger partial charge is 0.491 e. The Morgan fingerprint density at radius 3 is 2.61 bits per heavy atom. The third kappa shape index (κ3) is 3.72. The van der Waals surface area contributed by atoms with Crippen molar-refractivity contribution < 1.29 is 14.7 Å². The molecule has 100 valence electrons. The molecule has 1 aliphatic heterocycles. The molecule has 2 N–H and O–H groups in total. The summed E-state index contributed by atoms with van der Waals surface area (Å²) >= 11 is 0. The highest BCUT2D eigenvalue weighted by Gasteiger charge is 2.19. The molecule has 2 rings (SSSR count). The summed E-state index contributed by atoms with van der Waals surface area (Å²) in [6, 6.07) is 6.06. The molecule has 1 aromatic carbocycles. The minimum absolute atomic E-state index is 0.361. The monoisotopic (exact) mass is 250 g/mol. The van der Waals surface area contributed by atoms with Gasteiger partial charge in [-0.15, -0.1) is 0 Å². The van der Waals surface area contributed by atoms with Crippen molar-refractivity contribution in [3.05, 3.63) is 29.3 Å². The Morgan fingerprint density at radius 1 is 1.22 bits per heavy atom. The van der Waals surface area contributed by atoms with Gasteiger partial charge in [-0.05, 0) is 37.1 Å². The van der Waals surface area contributed by atoms with Crippen molar-refractivity contribution in [3.8, 4) is 5.75 Å². The summed E-state index contributed by atoms with van der Waals surface area (Å²) in [6.07, 6.45) is 2.22. The predicted molar refractivity (Wildman–Crippen MR) is 72.2 cm³/mol. The van der Waals surface area contributed by atoms with E-state index in [0.29, 0.717) is 6.61 Å². The quantitative estimate of drug-likeness (QED) is 0.807. The molecule has 1 heterocycles. The highest BCUT2D eigenvalue weighted by Crippen LogP contribution is 2.16. The SMILES string of the molecule is Cc1ccc(OC[C@H](O)C[NH+]2CCCC2)cc1C. The first-order valence-electron chi connectivity index (χ1n) is 6.87. The normalized spacial score (nSPS) is 17.9. The zero-order chi connectivity index (χ0) is 13.0. The first-order chi connectivity index (χ1) is 8.65. The van der Waals surface area contributed by atoms with Crippen LogP contribution >= 0.6 is 0 Å².